The van der Waals surface area contributed by atoms with Crippen molar-refractivity contribution in [2.24, 2.45) is 5.92 Å². The first-order chi connectivity index (χ1) is 14.5. The molecular formula is C20H18F2N6OS. The molecule has 30 heavy (non-hydrogen) atoms. The van der Waals surface area contributed by atoms with Gasteiger partial charge in [0.05, 0.1) is 40.6 Å². The number of rotatable bonds is 5. The van der Waals surface area contributed by atoms with Crippen molar-refractivity contribution in [2.45, 2.75) is 30.8 Å². The molecule has 1 amide bonds. The number of hydrogen-bond donors (Lipinski definition) is 2. The molecule has 2 N–H and O–H groups in total. The number of benzene rings is 1. The number of H-pyrrole nitrogens is 1. The molecule has 10 heteroatoms. The van der Waals surface area contributed by atoms with E-state index in [9.17, 15) is 9.18 Å². The van der Waals surface area contributed by atoms with Crippen LogP contribution in [0.2, 0.25) is 0 Å². The molecule has 1 aromatic carbocycles. The van der Waals surface area contributed by atoms with Crippen molar-refractivity contribution < 1.29 is 13.6 Å². The largest absolute Gasteiger partial charge is 0.309 e. The van der Waals surface area contributed by atoms with Crippen LogP contribution in [0, 0.1) is 11.7 Å². The molecule has 3 aromatic heterocycles. The second kappa shape index (κ2) is 7.05. The Hall–Kier alpha value is -3.01. The molecule has 0 unspecified atom stereocenters. The van der Waals surface area contributed by atoms with E-state index >= 15 is 4.39 Å². The van der Waals surface area contributed by atoms with Gasteiger partial charge < -0.3 is 9.72 Å². The number of anilines is 1. The van der Waals surface area contributed by atoms with Crippen LogP contribution in [-0.2, 0) is 11.2 Å². The summed E-state index contributed by atoms with van der Waals surface area (Å²) in [5.74, 6) is -0.918. The number of halogens is 2. The standard InChI is InChI=1S/C20H18F2N6OS/c1-3-9-16(11-5-24-27-18(11)19(30-2)17(9)22)13-7-28-8-14(25-15(28)6-23-13)26-20(29)10-4-12(10)21/h5-8,10,12H,3-4H2,1-2H3,(H,24,27)(H,26,29)/t10-,12+/m1/s1. The molecule has 7 nitrogen and oxygen atoms in total. The third-order valence-corrected chi connectivity index (χ3v) is 6.15. The van der Waals surface area contributed by atoms with Gasteiger partial charge in [-0.15, -0.1) is 11.8 Å². The van der Waals surface area contributed by atoms with E-state index in [1.165, 1.54) is 11.8 Å². The first kappa shape index (κ1) is 19.0. The monoisotopic (exact) mass is 428 g/mol. The summed E-state index contributed by atoms with van der Waals surface area (Å²) in [4.78, 5) is 21.3. The average Bonchev–Trinajstić information content (AvgIpc) is 3.12. The summed E-state index contributed by atoms with van der Waals surface area (Å²) in [6.45, 7) is 1.90. The molecule has 3 heterocycles. The number of fused-ring (bicyclic) bond motifs is 2. The van der Waals surface area contributed by atoms with Gasteiger partial charge in [-0.2, -0.15) is 5.10 Å². The summed E-state index contributed by atoms with van der Waals surface area (Å²) >= 11 is 1.33. The van der Waals surface area contributed by atoms with Gasteiger partial charge in [0, 0.05) is 17.1 Å². The Labute approximate surface area is 174 Å². The van der Waals surface area contributed by atoms with Crippen LogP contribution in [0.5, 0.6) is 0 Å². The number of nitrogens with one attached hydrogen (secondary N) is 2. The number of carbonyl (C=O) groups excluding carboxylic acids is 1. The number of alkyl halides is 1. The van der Waals surface area contributed by atoms with Crippen molar-refractivity contribution >= 4 is 40.0 Å². The number of carbonyl (C=O) groups is 1. The van der Waals surface area contributed by atoms with Crippen LogP contribution in [0.15, 0.2) is 29.7 Å². The third-order valence-electron chi connectivity index (χ3n) is 5.36. The Morgan fingerprint density at radius 3 is 2.90 bits per heavy atom. The quantitative estimate of drug-likeness (QED) is 0.469. The fourth-order valence-electron chi connectivity index (χ4n) is 3.73. The highest BCUT2D eigenvalue weighted by Crippen LogP contribution is 2.39. The van der Waals surface area contributed by atoms with E-state index in [2.05, 4.69) is 25.5 Å². The maximum absolute atomic E-state index is 15.2. The lowest BCUT2D eigenvalue weighted by atomic mass is 9.98. The molecule has 0 aliphatic heterocycles. The first-order valence-electron chi connectivity index (χ1n) is 9.53. The first-order valence-corrected chi connectivity index (χ1v) is 10.8. The lowest BCUT2D eigenvalue weighted by molar-refractivity contribution is -0.117. The fourth-order valence-corrected chi connectivity index (χ4v) is 4.39. The predicted molar refractivity (Wildman–Crippen MR) is 111 cm³/mol. The van der Waals surface area contributed by atoms with Crippen LogP contribution >= 0.6 is 11.8 Å². The zero-order chi connectivity index (χ0) is 21.0. The fraction of sp³-hybridized carbons (Fsp3) is 0.300. The number of nitrogens with zero attached hydrogens (tertiary/aromatic N) is 4. The van der Waals surface area contributed by atoms with Gasteiger partial charge >= 0.3 is 0 Å². The zero-order valence-corrected chi connectivity index (χ0v) is 17.1. The van der Waals surface area contributed by atoms with Crippen LogP contribution in [0.1, 0.15) is 18.9 Å². The van der Waals surface area contributed by atoms with E-state index < -0.39 is 12.1 Å². The molecule has 1 saturated carbocycles. The van der Waals surface area contributed by atoms with Gasteiger partial charge in [0.15, 0.2) is 11.5 Å². The van der Waals surface area contributed by atoms with Gasteiger partial charge in [0.1, 0.15) is 12.0 Å². The van der Waals surface area contributed by atoms with Gasteiger partial charge in [-0.1, -0.05) is 6.92 Å². The highest BCUT2D eigenvalue weighted by atomic mass is 32.2. The van der Waals surface area contributed by atoms with Crippen LogP contribution in [0.25, 0.3) is 27.8 Å². The molecule has 0 radical (unpaired) electrons. The number of imidazole rings is 1. The Morgan fingerprint density at radius 1 is 1.40 bits per heavy atom. The highest BCUT2D eigenvalue weighted by Gasteiger charge is 2.43. The Morgan fingerprint density at radius 2 is 2.20 bits per heavy atom. The van der Waals surface area contributed by atoms with Crippen molar-refractivity contribution in [3.8, 4) is 11.3 Å². The molecule has 1 aliphatic carbocycles. The van der Waals surface area contributed by atoms with Gasteiger partial charge in [0.25, 0.3) is 0 Å². The van der Waals surface area contributed by atoms with Crippen molar-refractivity contribution in [1.29, 1.82) is 0 Å². The SMILES string of the molecule is CCc1c(F)c(SC)c2[nH]ncc2c1-c1cn2cc(NC(=O)[C@@H]3C[C@@H]3F)nc2cn1. The van der Waals surface area contributed by atoms with Crippen molar-refractivity contribution in [2.75, 3.05) is 11.6 Å². The van der Waals surface area contributed by atoms with Crippen LogP contribution < -0.4 is 5.32 Å². The summed E-state index contributed by atoms with van der Waals surface area (Å²) in [6, 6.07) is 0. The molecule has 1 aliphatic rings. The average molecular weight is 428 g/mol. The molecule has 4 aromatic rings. The van der Waals surface area contributed by atoms with E-state index in [0.29, 0.717) is 45.1 Å². The van der Waals surface area contributed by atoms with Crippen molar-refractivity contribution in [3.63, 3.8) is 0 Å². The van der Waals surface area contributed by atoms with Crippen LogP contribution in [0.3, 0.4) is 0 Å². The third kappa shape index (κ3) is 2.94. The number of aromatic amines is 1. The second-order valence-corrected chi connectivity index (χ2v) is 8.04. The van der Waals surface area contributed by atoms with E-state index in [-0.39, 0.29) is 18.1 Å². The van der Waals surface area contributed by atoms with Crippen LogP contribution in [-0.4, -0.2) is 42.9 Å². The van der Waals surface area contributed by atoms with Gasteiger partial charge in [-0.3, -0.25) is 14.9 Å². The van der Waals surface area contributed by atoms with Crippen molar-refractivity contribution in [1.82, 2.24) is 24.6 Å². The summed E-state index contributed by atoms with van der Waals surface area (Å²) in [7, 11) is 0. The Kier molecular flexibility index (Phi) is 4.46. The molecule has 0 saturated heterocycles. The van der Waals surface area contributed by atoms with E-state index in [0.717, 1.165) is 5.39 Å². The zero-order valence-electron chi connectivity index (χ0n) is 16.2. The molecule has 2 atom stereocenters. The molecule has 0 bridgehead atoms. The number of aromatic nitrogens is 5. The summed E-state index contributed by atoms with van der Waals surface area (Å²) in [5, 5.41) is 10.4. The smallest absolute Gasteiger partial charge is 0.231 e. The Bertz CT molecular complexity index is 1300. The van der Waals surface area contributed by atoms with Gasteiger partial charge in [0.2, 0.25) is 5.91 Å². The lowest BCUT2D eigenvalue weighted by Gasteiger charge is -2.13. The second-order valence-electron chi connectivity index (χ2n) is 7.22. The molecule has 5 rings (SSSR count). The van der Waals surface area contributed by atoms with E-state index in [1.54, 1.807) is 29.2 Å². The summed E-state index contributed by atoms with van der Waals surface area (Å²) in [6.07, 6.45) is 8.12. The lowest BCUT2D eigenvalue weighted by Crippen LogP contribution is -2.15. The minimum absolute atomic E-state index is 0.253. The molecule has 0 spiro atoms. The van der Waals surface area contributed by atoms with Gasteiger partial charge in [-0.25, -0.2) is 13.8 Å². The molecule has 154 valence electrons. The normalized spacial score (nSPS) is 18.3. The maximum Gasteiger partial charge on any atom is 0.231 e. The number of hydrogen-bond acceptors (Lipinski definition) is 5. The highest BCUT2D eigenvalue weighted by molar-refractivity contribution is 7.98. The minimum Gasteiger partial charge on any atom is -0.309 e. The van der Waals surface area contributed by atoms with E-state index in [4.69, 9.17) is 0 Å². The van der Waals surface area contributed by atoms with Crippen LogP contribution in [0.4, 0.5) is 14.6 Å². The topological polar surface area (TPSA) is 88.0 Å². The number of amides is 1. The number of thioether (sulfide) groups is 1. The van der Waals surface area contributed by atoms with Crippen molar-refractivity contribution in [3.05, 3.63) is 36.2 Å². The molecule has 1 fully saturated rings. The minimum atomic E-state index is -1.07. The summed E-state index contributed by atoms with van der Waals surface area (Å²) in [5.41, 5.74) is 2.97. The van der Waals surface area contributed by atoms with E-state index in [1.807, 2.05) is 13.2 Å². The predicted octanol–water partition coefficient (Wildman–Crippen LogP) is 3.99. The maximum atomic E-state index is 15.2. The summed E-state index contributed by atoms with van der Waals surface area (Å²) < 4.78 is 30.0. The Balaban J connectivity index is 1.60. The molecular weight excluding hydrogens is 410 g/mol. The van der Waals surface area contributed by atoms with Gasteiger partial charge in [-0.05, 0) is 24.7 Å².